The van der Waals surface area contributed by atoms with Gasteiger partial charge in [0.25, 0.3) is 0 Å². The number of rotatable bonds is 26. The first kappa shape index (κ1) is 73.0. The summed E-state index contributed by atoms with van der Waals surface area (Å²) in [5.41, 5.74) is 2.44. The number of cyclic esters (lactones) is 2. The Balaban J connectivity index is 0.999. The van der Waals surface area contributed by atoms with E-state index < -0.39 is 108 Å². The van der Waals surface area contributed by atoms with Gasteiger partial charge in [-0.2, -0.15) is 0 Å². The molecule has 0 aromatic carbocycles. The van der Waals surface area contributed by atoms with Crippen LogP contribution in [0.4, 0.5) is 0 Å². The third-order valence-corrected chi connectivity index (χ3v) is 48.8. The highest BCUT2D eigenvalue weighted by Gasteiger charge is 2.72. The van der Waals surface area contributed by atoms with Crippen molar-refractivity contribution in [2.75, 3.05) is 19.8 Å². The first-order valence-corrected chi connectivity index (χ1v) is 47.2. The quantitative estimate of drug-likeness (QED) is 0.0356. The number of aliphatic hydroxyl groups is 1. The molecular weight excluding hydrogens is 1240 g/mol. The molecule has 10 fully saturated rings. The molecule has 0 amide bonds. The Morgan fingerprint density at radius 2 is 1.25 bits per heavy atom. The van der Waals surface area contributed by atoms with E-state index in [2.05, 4.69) is 40.0 Å². The maximum Gasteiger partial charge on any atom is 0.317 e. The fourth-order valence-corrected chi connectivity index (χ4v) is 49.5. The summed E-state index contributed by atoms with van der Waals surface area (Å²) in [6.07, 6.45) is 11.1. The number of ether oxygens (including phenoxy) is 5. The van der Waals surface area contributed by atoms with Crippen LogP contribution in [0.5, 0.6) is 0 Å². The molecular formula is C74H121O15Si4. The van der Waals surface area contributed by atoms with Gasteiger partial charge in [-0.15, -0.1) is 0 Å². The minimum absolute atomic E-state index is 0.0144. The highest BCUT2D eigenvalue weighted by Crippen LogP contribution is 2.71. The Labute approximate surface area is 564 Å². The number of carboxylic acid groups (broad SMARTS) is 1. The van der Waals surface area contributed by atoms with Crippen molar-refractivity contribution in [2.45, 2.75) is 252 Å². The molecule has 24 unspecified atom stereocenters. The molecule has 2 saturated heterocycles. The van der Waals surface area contributed by atoms with E-state index in [-0.39, 0.29) is 129 Å². The Bertz CT molecular complexity index is 2720. The van der Waals surface area contributed by atoms with E-state index in [1.54, 1.807) is 0 Å². The molecule has 24 atom stereocenters. The second-order valence-electron chi connectivity index (χ2n) is 35.7. The second kappa shape index (κ2) is 28.1. The van der Waals surface area contributed by atoms with Crippen LogP contribution in [-0.4, -0.2) is 123 Å². The molecule has 2 heterocycles. The monoisotopic (exact) mass is 1360 g/mol. The lowest BCUT2D eigenvalue weighted by Gasteiger charge is -2.49. The van der Waals surface area contributed by atoms with Gasteiger partial charge in [-0.3, -0.25) is 33.6 Å². The fraction of sp³-hybridized carbons (Fsp3) is 0.905. The number of carbonyl (C=O) groups excluding carboxylic acids is 6. The van der Waals surface area contributed by atoms with Gasteiger partial charge >= 0.3 is 41.8 Å². The Morgan fingerprint density at radius 3 is 1.82 bits per heavy atom. The van der Waals surface area contributed by atoms with Crippen LogP contribution in [0, 0.1) is 147 Å². The van der Waals surface area contributed by atoms with Gasteiger partial charge in [0.1, 0.15) is 16.8 Å². The van der Waals surface area contributed by atoms with E-state index in [1.165, 1.54) is 29.1 Å². The summed E-state index contributed by atoms with van der Waals surface area (Å²) >= 11 is 0. The zero-order chi connectivity index (χ0) is 67.9. The molecule has 0 spiro atoms. The van der Waals surface area contributed by atoms with E-state index in [1.807, 2.05) is 76.2 Å². The predicted octanol–water partition coefficient (Wildman–Crippen LogP) is 13.7. The van der Waals surface area contributed by atoms with E-state index >= 15 is 14.4 Å². The van der Waals surface area contributed by atoms with Gasteiger partial charge < -0.3 is 38.3 Å². The topological polar surface area (TPSA) is 215 Å². The molecule has 523 valence electrons. The first-order chi connectivity index (χ1) is 43.6. The summed E-state index contributed by atoms with van der Waals surface area (Å²) in [6.45, 7) is 36.4. The normalized spacial score (nSPS) is 39.1. The second-order valence-corrected chi connectivity index (χ2v) is 50.3. The van der Waals surface area contributed by atoms with Crippen LogP contribution in [0.3, 0.4) is 0 Å². The lowest BCUT2D eigenvalue weighted by atomic mass is 9.54. The van der Waals surface area contributed by atoms with Crippen LogP contribution in [0.2, 0.25) is 48.9 Å². The van der Waals surface area contributed by atoms with Crippen LogP contribution in [0.15, 0.2) is 0 Å². The van der Waals surface area contributed by atoms with Crippen LogP contribution in [0.1, 0.15) is 186 Å². The molecule has 2 aliphatic heterocycles. The summed E-state index contributed by atoms with van der Waals surface area (Å²) in [5, 5.41) is 21.5. The lowest BCUT2D eigenvalue weighted by Crippen LogP contribution is -2.51. The molecule has 0 aromatic rings. The smallest absolute Gasteiger partial charge is 0.317 e. The van der Waals surface area contributed by atoms with Crippen molar-refractivity contribution >= 4 is 76.5 Å². The van der Waals surface area contributed by atoms with Crippen molar-refractivity contribution in [3.63, 3.8) is 0 Å². The van der Waals surface area contributed by atoms with Crippen molar-refractivity contribution < 1.29 is 71.9 Å². The van der Waals surface area contributed by atoms with Gasteiger partial charge in [0.05, 0.1) is 54.6 Å². The minimum Gasteiger partial charge on any atom is -0.481 e. The zero-order valence-corrected chi connectivity index (χ0v) is 64.1. The number of esters is 6. The number of carbonyl (C=O) groups is 7. The number of aliphatic hydroxyl groups excluding tert-OH is 1. The Kier molecular flexibility index (Phi) is 22.1. The number of aliphatic carboxylic acids is 1. The SMILES string of the molecule is CCC(C)C(=O)OC(C)(C)CCC(C)(C)OC(=O)C(CCC1C2CC(CC2CO[Si]2(C)C[Si](C)C[Si](C)C[Si](C)C2)C1C1C(=O)OC(=O)C1C1C2CC(CC2C(=O)OC(C)(C)C)C1C1C(C)C2CC1C(C(=O)OCC(CC)(CC)CO)C2C(=O)O)C1C2CCC(C2)C1C. The number of hydrogen-bond donors (Lipinski definition) is 2. The molecule has 0 aromatic heterocycles. The van der Waals surface area contributed by atoms with Crippen molar-refractivity contribution in [2.24, 2.45) is 147 Å². The molecule has 3 radical (unpaired) electrons. The molecule has 93 heavy (non-hydrogen) atoms. The summed E-state index contributed by atoms with van der Waals surface area (Å²) in [5.74, 6) is -8.14. The van der Waals surface area contributed by atoms with E-state index in [9.17, 15) is 29.4 Å². The first-order valence-electron chi connectivity index (χ1n) is 37.1. The Hall–Kier alpha value is -2.72. The van der Waals surface area contributed by atoms with Crippen molar-refractivity contribution in [3.05, 3.63) is 0 Å². The van der Waals surface area contributed by atoms with E-state index in [4.69, 9.17) is 28.1 Å². The van der Waals surface area contributed by atoms with E-state index in [0.717, 1.165) is 25.7 Å². The van der Waals surface area contributed by atoms with Crippen LogP contribution >= 0.6 is 0 Å². The summed E-state index contributed by atoms with van der Waals surface area (Å²) < 4.78 is 38.9. The van der Waals surface area contributed by atoms with Gasteiger partial charge in [0, 0.05) is 38.4 Å². The van der Waals surface area contributed by atoms with Crippen LogP contribution < -0.4 is 0 Å². The molecule has 8 saturated carbocycles. The maximum absolute atomic E-state index is 15.5. The molecule has 15 nitrogen and oxygen atoms in total. The molecule has 10 aliphatic rings. The van der Waals surface area contributed by atoms with Crippen molar-refractivity contribution in [1.82, 2.24) is 0 Å². The summed E-state index contributed by atoms with van der Waals surface area (Å²) in [7, 11) is -3.38. The maximum atomic E-state index is 15.5. The van der Waals surface area contributed by atoms with Crippen LogP contribution in [0.25, 0.3) is 0 Å². The lowest BCUT2D eigenvalue weighted by molar-refractivity contribution is -0.171. The summed E-state index contributed by atoms with van der Waals surface area (Å²) in [6, 6.07) is 0. The largest absolute Gasteiger partial charge is 0.481 e. The highest BCUT2D eigenvalue weighted by molar-refractivity contribution is 6.98. The minimum atomic E-state index is -2.05. The average molecular weight is 1360 g/mol. The predicted molar refractivity (Wildman–Crippen MR) is 364 cm³/mol. The van der Waals surface area contributed by atoms with Crippen molar-refractivity contribution in [3.8, 4) is 0 Å². The van der Waals surface area contributed by atoms with Gasteiger partial charge in [-0.1, -0.05) is 72.5 Å². The van der Waals surface area contributed by atoms with Crippen molar-refractivity contribution in [1.29, 1.82) is 0 Å². The molecule has 8 aliphatic carbocycles. The van der Waals surface area contributed by atoms with E-state index in [0.29, 0.717) is 88.6 Å². The third kappa shape index (κ3) is 14.8. The van der Waals surface area contributed by atoms with Gasteiger partial charge in [-0.05, 0) is 263 Å². The Morgan fingerprint density at radius 1 is 0.656 bits per heavy atom. The highest BCUT2D eigenvalue weighted by atomic mass is 28.4. The standard InChI is InChI=1S/C74H121O15Si4/c1-18-40(4)65(78)88-72(10,11)25-26-73(12,13)89-66(79)49(55-41(5)43-21-22-44(55)27-43)24-23-48-51-29-45(28-47(51)33-85-93(17)38-91(15)36-90(14)37-92(16)39-93)57(48)62-63(70(83)86-69(62)82)59-52-30-46(31-53(52)67(80)87-71(7,8)9)58(59)56-42(6)50-32-54(56)61(60(50)64(76)77)68(81)84-35-74(19-2,20-3)34-75/h40-63,75H,18-39H2,1-17H3,(H,76,77). The molecule has 19 heteroatoms. The fourth-order valence-electron chi connectivity index (χ4n) is 23.1. The van der Waals surface area contributed by atoms with Crippen LogP contribution in [-0.2, 0) is 61.7 Å². The molecule has 10 rings (SSSR count). The molecule has 2 N–H and O–H groups in total. The average Bonchev–Trinajstić information content (AvgIpc) is 1.54. The number of carboxylic acids is 1. The number of fused-ring (bicyclic) bond motifs is 8. The number of hydrogen-bond acceptors (Lipinski definition) is 14. The van der Waals surface area contributed by atoms with Gasteiger partial charge in [0.15, 0.2) is 8.32 Å². The zero-order valence-electron chi connectivity index (χ0n) is 60.1. The molecule has 8 bridgehead atoms. The summed E-state index contributed by atoms with van der Waals surface area (Å²) in [4.78, 5) is 102. The third-order valence-electron chi connectivity index (χ3n) is 27.5. The van der Waals surface area contributed by atoms with Gasteiger partial charge in [0.2, 0.25) is 0 Å². The van der Waals surface area contributed by atoms with Gasteiger partial charge in [-0.25, -0.2) is 0 Å².